The highest BCUT2D eigenvalue weighted by molar-refractivity contribution is 14.1. The van der Waals surface area contributed by atoms with Crippen molar-refractivity contribution in [2.75, 3.05) is 12.4 Å². The molecule has 0 radical (unpaired) electrons. The van der Waals surface area contributed by atoms with Crippen molar-refractivity contribution in [3.63, 3.8) is 0 Å². The molecule has 0 aliphatic rings. The van der Waals surface area contributed by atoms with Crippen LogP contribution in [0.4, 0.5) is 5.69 Å². The molecular weight excluding hydrogens is 551 g/mol. The number of anilines is 1. The van der Waals surface area contributed by atoms with Gasteiger partial charge in [-0.25, -0.2) is 0 Å². The van der Waals surface area contributed by atoms with Gasteiger partial charge in [-0.1, -0.05) is 41.4 Å². The number of ether oxygens (including phenoxy) is 2. The lowest BCUT2D eigenvalue weighted by molar-refractivity contribution is -0.112. The van der Waals surface area contributed by atoms with E-state index in [2.05, 4.69) is 27.9 Å². The van der Waals surface area contributed by atoms with Gasteiger partial charge in [-0.05, 0) is 89.5 Å². The molecule has 0 aliphatic heterocycles. The number of rotatable bonds is 7. The zero-order valence-electron chi connectivity index (χ0n) is 18.4. The SMILES string of the molecule is COc1cc(/C=C(\C#N)C(=O)Nc2ccc(C)cc2C)cc(I)c1OCc1cccc(Cl)c1. The Morgan fingerprint density at radius 2 is 1.97 bits per heavy atom. The standard InChI is InChI=1S/C26H22ClIN2O3/c1-16-7-8-23(17(2)9-16)30-26(31)20(14-29)10-19-12-22(28)25(24(13-19)32-3)33-15-18-5-4-6-21(27)11-18/h4-13H,15H2,1-3H3,(H,30,31)/b20-10+. The first-order valence-electron chi connectivity index (χ1n) is 10.1. The first-order chi connectivity index (χ1) is 15.8. The fraction of sp³-hybridized carbons (Fsp3) is 0.154. The van der Waals surface area contributed by atoms with E-state index < -0.39 is 5.91 Å². The Labute approximate surface area is 212 Å². The lowest BCUT2D eigenvalue weighted by Crippen LogP contribution is -2.14. The van der Waals surface area contributed by atoms with Crippen molar-refractivity contribution >= 4 is 51.9 Å². The maximum Gasteiger partial charge on any atom is 0.266 e. The van der Waals surface area contributed by atoms with Crippen LogP contribution < -0.4 is 14.8 Å². The molecule has 0 aliphatic carbocycles. The van der Waals surface area contributed by atoms with Gasteiger partial charge in [-0.3, -0.25) is 4.79 Å². The van der Waals surface area contributed by atoms with E-state index in [0.717, 1.165) is 20.3 Å². The van der Waals surface area contributed by atoms with Crippen LogP contribution in [0, 0.1) is 28.7 Å². The molecule has 7 heteroatoms. The number of aryl methyl sites for hydroxylation is 2. The maximum atomic E-state index is 12.7. The van der Waals surface area contributed by atoms with Crippen LogP contribution in [0.15, 0.2) is 60.2 Å². The second-order valence-corrected chi connectivity index (χ2v) is 8.99. The van der Waals surface area contributed by atoms with Gasteiger partial charge in [-0.2, -0.15) is 5.26 Å². The van der Waals surface area contributed by atoms with Crippen LogP contribution in [0.1, 0.15) is 22.3 Å². The van der Waals surface area contributed by atoms with Crippen molar-refractivity contribution in [3.8, 4) is 17.6 Å². The van der Waals surface area contributed by atoms with E-state index in [0.29, 0.717) is 34.4 Å². The topological polar surface area (TPSA) is 71.3 Å². The normalized spacial score (nSPS) is 11.0. The van der Waals surface area contributed by atoms with Crippen molar-refractivity contribution < 1.29 is 14.3 Å². The summed E-state index contributed by atoms with van der Waals surface area (Å²) in [4.78, 5) is 12.7. The molecule has 0 atom stereocenters. The number of amides is 1. The van der Waals surface area contributed by atoms with Gasteiger partial charge < -0.3 is 14.8 Å². The van der Waals surface area contributed by atoms with Gasteiger partial charge in [0, 0.05) is 10.7 Å². The van der Waals surface area contributed by atoms with E-state index >= 15 is 0 Å². The van der Waals surface area contributed by atoms with Gasteiger partial charge in [0.05, 0.1) is 10.7 Å². The first-order valence-corrected chi connectivity index (χ1v) is 11.5. The molecular formula is C26H22ClIN2O3. The molecule has 0 saturated carbocycles. The molecule has 1 N–H and O–H groups in total. The number of carbonyl (C=O) groups excluding carboxylic acids is 1. The second kappa shape index (κ2) is 11.2. The van der Waals surface area contributed by atoms with Crippen LogP contribution in [-0.2, 0) is 11.4 Å². The summed E-state index contributed by atoms with van der Waals surface area (Å²) in [5.41, 5.74) is 4.26. The highest BCUT2D eigenvalue weighted by Gasteiger charge is 2.15. The van der Waals surface area contributed by atoms with E-state index in [1.54, 1.807) is 19.2 Å². The minimum Gasteiger partial charge on any atom is -0.493 e. The monoisotopic (exact) mass is 572 g/mol. The van der Waals surface area contributed by atoms with E-state index in [-0.39, 0.29) is 5.57 Å². The number of carbonyl (C=O) groups is 1. The molecule has 168 valence electrons. The molecule has 0 aromatic heterocycles. The summed E-state index contributed by atoms with van der Waals surface area (Å²) in [6.45, 7) is 4.22. The van der Waals surface area contributed by atoms with Crippen molar-refractivity contribution in [1.29, 1.82) is 5.26 Å². The molecule has 1 amide bonds. The smallest absolute Gasteiger partial charge is 0.266 e. The van der Waals surface area contributed by atoms with Gasteiger partial charge in [0.15, 0.2) is 11.5 Å². The third-order valence-corrected chi connectivity index (χ3v) is 5.87. The fourth-order valence-electron chi connectivity index (χ4n) is 3.20. The number of hydrogen-bond acceptors (Lipinski definition) is 4. The minimum absolute atomic E-state index is 0.0135. The summed E-state index contributed by atoms with van der Waals surface area (Å²) in [6.07, 6.45) is 1.53. The van der Waals surface area contributed by atoms with Crippen molar-refractivity contribution in [3.05, 3.63) is 91.0 Å². The molecule has 0 unspecified atom stereocenters. The second-order valence-electron chi connectivity index (χ2n) is 7.40. The number of nitrogens with one attached hydrogen (secondary N) is 1. The van der Waals surface area contributed by atoms with Crippen LogP contribution in [0.5, 0.6) is 11.5 Å². The quantitative estimate of drug-likeness (QED) is 0.194. The van der Waals surface area contributed by atoms with Crippen LogP contribution in [-0.4, -0.2) is 13.0 Å². The van der Waals surface area contributed by atoms with E-state index in [1.807, 2.05) is 62.4 Å². The summed E-state index contributed by atoms with van der Waals surface area (Å²) in [5.74, 6) is 0.607. The van der Waals surface area contributed by atoms with Gasteiger partial charge >= 0.3 is 0 Å². The number of benzene rings is 3. The van der Waals surface area contributed by atoms with Gasteiger partial charge in [0.1, 0.15) is 18.2 Å². The van der Waals surface area contributed by atoms with Crippen molar-refractivity contribution in [2.24, 2.45) is 0 Å². The third-order valence-electron chi connectivity index (χ3n) is 4.83. The largest absolute Gasteiger partial charge is 0.493 e. The van der Waals surface area contributed by atoms with Crippen molar-refractivity contribution in [1.82, 2.24) is 0 Å². The van der Waals surface area contributed by atoms with E-state index in [1.165, 1.54) is 6.08 Å². The lowest BCUT2D eigenvalue weighted by Gasteiger charge is -2.14. The molecule has 0 bridgehead atoms. The first kappa shape index (κ1) is 24.6. The summed E-state index contributed by atoms with van der Waals surface area (Å²) < 4.78 is 12.3. The Balaban J connectivity index is 1.83. The molecule has 0 spiro atoms. The molecule has 0 fully saturated rings. The number of hydrogen-bond donors (Lipinski definition) is 1. The van der Waals surface area contributed by atoms with Crippen LogP contribution >= 0.6 is 34.2 Å². The summed E-state index contributed by atoms with van der Waals surface area (Å²) >= 11 is 8.19. The average molecular weight is 573 g/mol. The predicted molar refractivity (Wildman–Crippen MR) is 140 cm³/mol. The lowest BCUT2D eigenvalue weighted by atomic mass is 10.1. The number of nitriles is 1. The minimum atomic E-state index is -0.472. The Morgan fingerprint density at radius 3 is 2.64 bits per heavy atom. The third kappa shape index (κ3) is 6.50. The maximum absolute atomic E-state index is 12.7. The molecule has 5 nitrogen and oxygen atoms in total. The highest BCUT2D eigenvalue weighted by Crippen LogP contribution is 2.35. The predicted octanol–water partition coefficient (Wildman–Crippen LogP) is 6.69. The summed E-state index contributed by atoms with van der Waals surface area (Å²) in [7, 11) is 1.54. The Hall–Kier alpha value is -3.02. The summed E-state index contributed by atoms with van der Waals surface area (Å²) in [6, 6.07) is 18.7. The van der Waals surface area contributed by atoms with Gasteiger partial charge in [-0.15, -0.1) is 0 Å². The fourth-order valence-corrected chi connectivity index (χ4v) is 4.20. The zero-order valence-corrected chi connectivity index (χ0v) is 21.3. The van der Waals surface area contributed by atoms with Crippen LogP contribution in [0.25, 0.3) is 6.08 Å². The number of nitrogens with zero attached hydrogens (tertiary/aromatic N) is 1. The number of halogens is 2. The Morgan fingerprint density at radius 1 is 1.18 bits per heavy atom. The van der Waals surface area contributed by atoms with Gasteiger partial charge in [0.25, 0.3) is 5.91 Å². The molecule has 33 heavy (non-hydrogen) atoms. The Kier molecular flexibility index (Phi) is 8.37. The molecule has 3 rings (SSSR count). The van der Waals surface area contributed by atoms with Crippen LogP contribution in [0.3, 0.4) is 0 Å². The van der Waals surface area contributed by atoms with Crippen LogP contribution in [0.2, 0.25) is 5.02 Å². The highest BCUT2D eigenvalue weighted by atomic mass is 127. The van der Waals surface area contributed by atoms with E-state index in [4.69, 9.17) is 21.1 Å². The molecule has 0 saturated heterocycles. The van der Waals surface area contributed by atoms with Crippen molar-refractivity contribution in [2.45, 2.75) is 20.5 Å². The average Bonchev–Trinajstić information content (AvgIpc) is 2.78. The zero-order chi connectivity index (χ0) is 24.0. The molecule has 0 heterocycles. The summed E-state index contributed by atoms with van der Waals surface area (Å²) in [5, 5.41) is 13.0. The van der Waals surface area contributed by atoms with E-state index in [9.17, 15) is 10.1 Å². The molecule has 3 aromatic carbocycles. The Bertz CT molecular complexity index is 1260. The molecule has 3 aromatic rings. The van der Waals surface area contributed by atoms with Gasteiger partial charge in [0.2, 0.25) is 0 Å². The number of methoxy groups -OCH3 is 1.